The van der Waals surface area contributed by atoms with E-state index < -0.39 is 22.0 Å². The Balaban J connectivity index is 2.16. The Kier molecular flexibility index (Phi) is 6.37. The molecule has 0 aliphatic heterocycles. The lowest BCUT2D eigenvalue weighted by Gasteiger charge is -2.28. The van der Waals surface area contributed by atoms with E-state index in [2.05, 4.69) is 5.32 Å². The van der Waals surface area contributed by atoms with Crippen molar-refractivity contribution >= 4 is 21.6 Å². The normalized spacial score (nSPS) is 12.5. The molecule has 0 aliphatic rings. The van der Waals surface area contributed by atoms with Gasteiger partial charge in [-0.2, -0.15) is 0 Å². The highest BCUT2D eigenvalue weighted by Gasteiger charge is 2.28. The summed E-state index contributed by atoms with van der Waals surface area (Å²) < 4.78 is 38.5. The lowest BCUT2D eigenvalue weighted by Crippen LogP contribution is -2.47. The van der Waals surface area contributed by atoms with Crippen LogP contribution in [0.3, 0.4) is 0 Å². The molecule has 1 amide bonds. The van der Waals surface area contributed by atoms with Crippen LogP contribution in [0.1, 0.15) is 25.0 Å². The minimum Gasteiger partial charge on any atom is -0.350 e. The van der Waals surface area contributed by atoms with Gasteiger partial charge in [0, 0.05) is 6.54 Å². The first-order valence-electron chi connectivity index (χ1n) is 8.33. The van der Waals surface area contributed by atoms with Gasteiger partial charge in [0.1, 0.15) is 11.9 Å². The zero-order valence-electron chi connectivity index (χ0n) is 15.1. The molecule has 0 saturated heterocycles. The highest BCUT2D eigenvalue weighted by molar-refractivity contribution is 7.92. The summed E-state index contributed by atoms with van der Waals surface area (Å²) in [5.41, 5.74) is 2.25. The van der Waals surface area contributed by atoms with Gasteiger partial charge in [-0.1, -0.05) is 31.2 Å². The van der Waals surface area contributed by atoms with Crippen LogP contribution in [0, 0.1) is 5.82 Å². The fraction of sp³-hybridized carbons (Fsp3) is 0.316. The van der Waals surface area contributed by atoms with Gasteiger partial charge in [-0.15, -0.1) is 0 Å². The molecule has 2 aromatic rings. The molecule has 0 bridgehead atoms. The predicted octanol–water partition coefficient (Wildman–Crippen LogP) is 2.86. The predicted molar refractivity (Wildman–Crippen MR) is 101 cm³/mol. The number of nitrogens with zero attached hydrogens (tertiary/aromatic N) is 1. The van der Waals surface area contributed by atoms with Crippen molar-refractivity contribution in [2.45, 2.75) is 32.9 Å². The van der Waals surface area contributed by atoms with Crippen LogP contribution in [0.25, 0.3) is 0 Å². The Bertz CT molecular complexity index is 849. The summed E-state index contributed by atoms with van der Waals surface area (Å²) in [7, 11) is -3.65. The van der Waals surface area contributed by atoms with Gasteiger partial charge in [0.05, 0.1) is 11.9 Å². The van der Waals surface area contributed by atoms with Gasteiger partial charge in [-0.25, -0.2) is 12.8 Å². The van der Waals surface area contributed by atoms with Crippen molar-refractivity contribution in [1.82, 2.24) is 5.32 Å². The Morgan fingerprint density at radius 3 is 2.12 bits per heavy atom. The summed E-state index contributed by atoms with van der Waals surface area (Å²) in [6.45, 7) is 3.74. The third-order valence-corrected chi connectivity index (χ3v) is 5.31. The monoisotopic (exact) mass is 378 g/mol. The number of anilines is 1. The average molecular weight is 378 g/mol. The zero-order valence-corrected chi connectivity index (χ0v) is 15.9. The number of halogens is 1. The standard InChI is InChI=1S/C19H23FN2O3S/c1-4-15-7-11-18(12-8-15)22(26(3,24)25)14(2)19(23)21-13-16-5-9-17(20)10-6-16/h5-12,14H,4,13H2,1-3H3,(H,21,23)/t14-/m0/s1. The molecule has 0 fully saturated rings. The van der Waals surface area contributed by atoms with Gasteiger partial charge in [0.15, 0.2) is 0 Å². The molecule has 140 valence electrons. The largest absolute Gasteiger partial charge is 0.350 e. The lowest BCUT2D eigenvalue weighted by molar-refractivity contribution is -0.122. The van der Waals surface area contributed by atoms with E-state index in [0.717, 1.165) is 28.1 Å². The maximum atomic E-state index is 12.9. The van der Waals surface area contributed by atoms with E-state index in [4.69, 9.17) is 0 Å². The number of amides is 1. The summed E-state index contributed by atoms with van der Waals surface area (Å²) in [5, 5.41) is 2.70. The number of carbonyl (C=O) groups is 1. The van der Waals surface area contributed by atoms with Crippen molar-refractivity contribution in [3.05, 3.63) is 65.5 Å². The molecule has 26 heavy (non-hydrogen) atoms. The van der Waals surface area contributed by atoms with Gasteiger partial charge in [-0.05, 0) is 48.7 Å². The van der Waals surface area contributed by atoms with Crippen molar-refractivity contribution in [2.24, 2.45) is 0 Å². The van der Waals surface area contributed by atoms with Crippen LogP contribution in [0.4, 0.5) is 10.1 Å². The van der Waals surface area contributed by atoms with E-state index >= 15 is 0 Å². The second kappa shape index (κ2) is 8.31. The Morgan fingerprint density at radius 2 is 1.62 bits per heavy atom. The minimum atomic E-state index is -3.65. The van der Waals surface area contributed by atoms with Crippen LogP contribution in [0.5, 0.6) is 0 Å². The van der Waals surface area contributed by atoms with Gasteiger partial charge >= 0.3 is 0 Å². The van der Waals surface area contributed by atoms with Crippen LogP contribution < -0.4 is 9.62 Å². The summed E-state index contributed by atoms with van der Waals surface area (Å²) >= 11 is 0. The summed E-state index contributed by atoms with van der Waals surface area (Å²) in [6, 6.07) is 11.9. The molecule has 5 nitrogen and oxygen atoms in total. The van der Waals surface area contributed by atoms with Crippen LogP contribution in [0.2, 0.25) is 0 Å². The van der Waals surface area contributed by atoms with Crippen LogP contribution in [0.15, 0.2) is 48.5 Å². The van der Waals surface area contributed by atoms with E-state index in [9.17, 15) is 17.6 Å². The Hall–Kier alpha value is -2.41. The number of hydrogen-bond acceptors (Lipinski definition) is 3. The third kappa shape index (κ3) is 5.05. The average Bonchev–Trinajstić information content (AvgIpc) is 2.60. The molecule has 0 spiro atoms. The first-order chi connectivity index (χ1) is 12.2. The van der Waals surface area contributed by atoms with Crippen molar-refractivity contribution in [3.8, 4) is 0 Å². The topological polar surface area (TPSA) is 66.5 Å². The van der Waals surface area contributed by atoms with Crippen molar-refractivity contribution in [3.63, 3.8) is 0 Å². The minimum absolute atomic E-state index is 0.190. The molecule has 1 atom stereocenters. The molecule has 0 heterocycles. The number of hydrogen-bond donors (Lipinski definition) is 1. The van der Waals surface area contributed by atoms with Crippen molar-refractivity contribution in [2.75, 3.05) is 10.6 Å². The smallest absolute Gasteiger partial charge is 0.243 e. The molecule has 0 aliphatic carbocycles. The third-order valence-electron chi connectivity index (χ3n) is 4.07. The second-order valence-electron chi connectivity index (χ2n) is 6.10. The van der Waals surface area contributed by atoms with Crippen molar-refractivity contribution in [1.29, 1.82) is 0 Å². The van der Waals surface area contributed by atoms with Gasteiger partial charge < -0.3 is 5.32 Å². The highest BCUT2D eigenvalue weighted by Crippen LogP contribution is 2.21. The molecule has 1 N–H and O–H groups in total. The first-order valence-corrected chi connectivity index (χ1v) is 10.2. The van der Waals surface area contributed by atoms with Crippen LogP contribution in [-0.2, 0) is 27.8 Å². The Labute approximate surface area is 153 Å². The molecule has 0 radical (unpaired) electrons. The first kappa shape index (κ1) is 19.9. The molecule has 0 aromatic heterocycles. The molecular formula is C19H23FN2O3S. The number of nitrogens with one attached hydrogen (secondary N) is 1. The van der Waals surface area contributed by atoms with E-state index in [-0.39, 0.29) is 12.4 Å². The zero-order chi connectivity index (χ0) is 19.3. The quantitative estimate of drug-likeness (QED) is 0.806. The SMILES string of the molecule is CCc1ccc(N([C@@H](C)C(=O)NCc2ccc(F)cc2)S(C)(=O)=O)cc1. The van der Waals surface area contributed by atoms with Crippen LogP contribution in [-0.4, -0.2) is 26.6 Å². The number of aryl methyl sites for hydroxylation is 1. The van der Waals surface area contributed by atoms with Crippen molar-refractivity contribution < 1.29 is 17.6 Å². The van der Waals surface area contributed by atoms with E-state index in [1.54, 1.807) is 24.3 Å². The summed E-state index contributed by atoms with van der Waals surface area (Å²) in [4.78, 5) is 12.5. The van der Waals surface area contributed by atoms with Gasteiger partial charge in [0.25, 0.3) is 0 Å². The second-order valence-corrected chi connectivity index (χ2v) is 7.96. The number of sulfonamides is 1. The lowest BCUT2D eigenvalue weighted by atomic mass is 10.1. The van der Waals surface area contributed by atoms with E-state index in [1.165, 1.54) is 19.1 Å². The number of carbonyl (C=O) groups excluding carboxylic acids is 1. The number of rotatable bonds is 7. The summed E-state index contributed by atoms with van der Waals surface area (Å²) in [6.07, 6.45) is 1.91. The molecular weight excluding hydrogens is 355 g/mol. The fourth-order valence-corrected chi connectivity index (χ4v) is 3.80. The van der Waals surface area contributed by atoms with Gasteiger partial charge in [-0.3, -0.25) is 9.10 Å². The molecule has 7 heteroatoms. The van der Waals surface area contributed by atoms with E-state index in [0.29, 0.717) is 5.69 Å². The number of benzene rings is 2. The van der Waals surface area contributed by atoms with Crippen LogP contribution >= 0.6 is 0 Å². The molecule has 0 unspecified atom stereocenters. The maximum absolute atomic E-state index is 12.9. The van der Waals surface area contributed by atoms with E-state index in [1.807, 2.05) is 19.1 Å². The molecule has 2 rings (SSSR count). The summed E-state index contributed by atoms with van der Waals surface area (Å²) in [5.74, 6) is -0.786. The fourth-order valence-electron chi connectivity index (χ4n) is 2.63. The van der Waals surface area contributed by atoms with Gasteiger partial charge in [0.2, 0.25) is 15.9 Å². The Morgan fingerprint density at radius 1 is 1.08 bits per heavy atom. The molecule has 0 saturated carbocycles. The maximum Gasteiger partial charge on any atom is 0.243 e. The molecule has 2 aromatic carbocycles. The highest BCUT2D eigenvalue weighted by atomic mass is 32.2.